The number of Topliss-reactive ketones (excluding diaryl/α,β-unsaturated/α-hetero) is 1. The summed E-state index contributed by atoms with van der Waals surface area (Å²) >= 11 is 0. The van der Waals surface area contributed by atoms with Crippen LogP contribution in [0.3, 0.4) is 0 Å². The lowest BCUT2D eigenvalue weighted by atomic mass is 10.1. The summed E-state index contributed by atoms with van der Waals surface area (Å²) in [6, 6.07) is 6.13. The molecule has 0 atom stereocenters. The molecule has 0 unspecified atom stereocenters. The van der Waals surface area contributed by atoms with E-state index in [0.717, 1.165) is 0 Å². The van der Waals surface area contributed by atoms with Crippen LogP contribution in [0.25, 0.3) is 0 Å². The Morgan fingerprint density at radius 3 is 2.09 bits per heavy atom. The number of aliphatic hydroxyl groups is 1. The Hall–Kier alpha value is -2.83. The molecule has 1 aromatic carbocycles. The summed E-state index contributed by atoms with van der Waals surface area (Å²) in [6.07, 6.45) is -0.327. The van der Waals surface area contributed by atoms with Crippen LogP contribution in [0.1, 0.15) is 20.3 Å². The van der Waals surface area contributed by atoms with E-state index in [-0.39, 0.29) is 24.4 Å². The minimum atomic E-state index is -0.632. The van der Waals surface area contributed by atoms with E-state index in [2.05, 4.69) is 4.74 Å². The van der Waals surface area contributed by atoms with Gasteiger partial charge in [-0.05, 0) is 31.2 Å². The number of ketones is 1. The molecule has 23 heavy (non-hydrogen) atoms. The first-order valence-electron chi connectivity index (χ1n) is 6.73. The summed E-state index contributed by atoms with van der Waals surface area (Å²) in [7, 11) is 1.19. The van der Waals surface area contributed by atoms with Gasteiger partial charge in [0.25, 0.3) is 0 Å². The smallest absolute Gasteiger partial charge is 0.310 e. The molecule has 0 spiro atoms. The average Bonchev–Trinajstić information content (AvgIpc) is 2.50. The number of benzene rings is 1. The number of carbonyl (C=O) groups is 3. The van der Waals surface area contributed by atoms with Gasteiger partial charge in [-0.3, -0.25) is 14.4 Å². The highest BCUT2D eigenvalue weighted by molar-refractivity contribution is 5.97. The third kappa shape index (κ3) is 6.21. The number of hydrogen-bond acceptors (Lipinski definition) is 7. The highest BCUT2D eigenvalue weighted by Crippen LogP contribution is 2.19. The maximum Gasteiger partial charge on any atom is 0.310 e. The van der Waals surface area contributed by atoms with Gasteiger partial charge < -0.3 is 19.3 Å². The van der Waals surface area contributed by atoms with Crippen molar-refractivity contribution in [2.45, 2.75) is 20.3 Å². The lowest BCUT2D eigenvalue weighted by molar-refractivity contribution is -0.140. The van der Waals surface area contributed by atoms with Crippen molar-refractivity contribution in [3.63, 3.8) is 0 Å². The fraction of sp³-hybridized carbons (Fsp3) is 0.312. The van der Waals surface area contributed by atoms with Crippen LogP contribution in [0.15, 0.2) is 35.6 Å². The van der Waals surface area contributed by atoms with Crippen LogP contribution in [0.5, 0.6) is 11.5 Å². The number of hydrogen-bond donors (Lipinski definition) is 1. The van der Waals surface area contributed by atoms with Crippen LogP contribution < -0.4 is 9.47 Å². The van der Waals surface area contributed by atoms with Gasteiger partial charge in [-0.15, -0.1) is 0 Å². The number of aliphatic hydroxyl groups excluding tert-OH is 1. The summed E-state index contributed by atoms with van der Waals surface area (Å²) < 4.78 is 14.7. The molecule has 124 valence electrons. The van der Waals surface area contributed by atoms with Crippen molar-refractivity contribution in [3.8, 4) is 11.5 Å². The van der Waals surface area contributed by atoms with E-state index in [0.29, 0.717) is 11.5 Å². The second-order valence-corrected chi connectivity index (χ2v) is 4.59. The van der Waals surface area contributed by atoms with E-state index in [9.17, 15) is 19.5 Å². The molecule has 7 heteroatoms. The largest absolute Gasteiger partial charge is 0.508 e. The van der Waals surface area contributed by atoms with E-state index in [1.165, 1.54) is 33.1 Å². The molecule has 0 aliphatic rings. The van der Waals surface area contributed by atoms with Crippen LogP contribution in [0, 0.1) is 0 Å². The highest BCUT2D eigenvalue weighted by atomic mass is 16.5. The summed E-state index contributed by atoms with van der Waals surface area (Å²) in [5.74, 6) is -1.09. The number of ether oxygens (including phenoxy) is 3. The van der Waals surface area contributed by atoms with Gasteiger partial charge in [-0.2, -0.15) is 0 Å². The van der Waals surface area contributed by atoms with Gasteiger partial charge in [0.15, 0.2) is 5.78 Å². The molecule has 7 nitrogen and oxygen atoms in total. The standard InChI is InChI=1S/C16H18O7/c1-10(17)14(8-16(20)21-3)15(19)9-22-12-4-6-13(7-5-12)23-11(2)18/h4-7,19H,8-9H2,1-3H3/b15-14-. The first-order valence-corrected chi connectivity index (χ1v) is 6.73. The lowest BCUT2D eigenvalue weighted by Crippen LogP contribution is -2.13. The van der Waals surface area contributed by atoms with Crippen molar-refractivity contribution in [3.05, 3.63) is 35.6 Å². The predicted octanol–water partition coefficient (Wildman–Crippen LogP) is 1.95. The van der Waals surface area contributed by atoms with Crippen LogP contribution in [0.4, 0.5) is 0 Å². The highest BCUT2D eigenvalue weighted by Gasteiger charge is 2.16. The van der Waals surface area contributed by atoms with Crippen LogP contribution in [-0.4, -0.2) is 36.5 Å². The molecular weight excluding hydrogens is 304 g/mol. The van der Waals surface area contributed by atoms with Gasteiger partial charge in [-0.1, -0.05) is 0 Å². The normalized spacial score (nSPS) is 11.3. The van der Waals surface area contributed by atoms with Crippen LogP contribution in [0.2, 0.25) is 0 Å². The Balaban J connectivity index is 2.73. The summed E-state index contributed by atoms with van der Waals surface area (Å²) in [5.41, 5.74) is -0.0617. The number of carbonyl (C=O) groups excluding carboxylic acids is 3. The molecule has 0 aromatic heterocycles. The fourth-order valence-corrected chi connectivity index (χ4v) is 1.65. The molecule has 0 radical (unpaired) electrons. The molecule has 0 amide bonds. The van der Waals surface area contributed by atoms with Gasteiger partial charge >= 0.3 is 11.9 Å². The zero-order valence-electron chi connectivity index (χ0n) is 13.1. The Morgan fingerprint density at radius 2 is 1.61 bits per heavy atom. The van der Waals surface area contributed by atoms with E-state index < -0.39 is 17.7 Å². The molecule has 0 bridgehead atoms. The third-order valence-electron chi connectivity index (χ3n) is 2.78. The molecule has 0 fully saturated rings. The first kappa shape index (κ1) is 18.2. The van der Waals surface area contributed by atoms with Crippen molar-refractivity contribution in [2.24, 2.45) is 0 Å². The van der Waals surface area contributed by atoms with Crippen molar-refractivity contribution >= 4 is 17.7 Å². The van der Waals surface area contributed by atoms with Gasteiger partial charge in [0, 0.05) is 12.5 Å². The van der Waals surface area contributed by atoms with E-state index >= 15 is 0 Å². The second-order valence-electron chi connectivity index (χ2n) is 4.59. The Labute approximate surface area is 133 Å². The maximum absolute atomic E-state index is 11.5. The average molecular weight is 322 g/mol. The van der Waals surface area contributed by atoms with Gasteiger partial charge in [0.05, 0.1) is 13.5 Å². The Bertz CT molecular complexity index is 614. The van der Waals surface area contributed by atoms with E-state index in [1.807, 2.05) is 0 Å². The van der Waals surface area contributed by atoms with Gasteiger partial charge in [-0.25, -0.2) is 0 Å². The molecular formula is C16H18O7. The topological polar surface area (TPSA) is 99.1 Å². The van der Waals surface area contributed by atoms with Crippen molar-refractivity contribution in [1.29, 1.82) is 0 Å². The van der Waals surface area contributed by atoms with Crippen molar-refractivity contribution < 1.29 is 33.7 Å². The molecule has 1 aromatic rings. The SMILES string of the molecule is COC(=O)C/C(C(C)=O)=C(/O)COc1ccc(OC(C)=O)cc1. The molecule has 1 N–H and O–H groups in total. The Kier molecular flexibility index (Phi) is 6.79. The van der Waals surface area contributed by atoms with Crippen LogP contribution in [-0.2, 0) is 19.1 Å². The fourth-order valence-electron chi connectivity index (χ4n) is 1.65. The number of methoxy groups -OCH3 is 1. The van der Waals surface area contributed by atoms with E-state index in [1.54, 1.807) is 12.1 Å². The van der Waals surface area contributed by atoms with Crippen molar-refractivity contribution in [1.82, 2.24) is 0 Å². The summed E-state index contributed by atoms with van der Waals surface area (Å²) in [5, 5.41) is 9.92. The molecule has 0 heterocycles. The molecule has 0 saturated carbocycles. The quantitative estimate of drug-likeness (QED) is 0.354. The van der Waals surface area contributed by atoms with E-state index in [4.69, 9.17) is 9.47 Å². The van der Waals surface area contributed by atoms with Crippen LogP contribution >= 0.6 is 0 Å². The molecule has 0 aliphatic heterocycles. The maximum atomic E-state index is 11.5. The zero-order chi connectivity index (χ0) is 17.4. The second kappa shape index (κ2) is 8.57. The monoisotopic (exact) mass is 322 g/mol. The number of esters is 2. The summed E-state index contributed by atoms with van der Waals surface area (Å²) in [6.45, 7) is 2.25. The first-order chi connectivity index (χ1) is 10.8. The minimum absolute atomic E-state index is 0.0617. The van der Waals surface area contributed by atoms with Gasteiger partial charge in [0.1, 0.15) is 23.9 Å². The molecule has 0 saturated heterocycles. The third-order valence-corrected chi connectivity index (χ3v) is 2.78. The summed E-state index contributed by atoms with van der Waals surface area (Å²) in [4.78, 5) is 33.5. The lowest BCUT2D eigenvalue weighted by Gasteiger charge is -2.10. The Morgan fingerprint density at radius 1 is 1.04 bits per heavy atom. The van der Waals surface area contributed by atoms with Crippen molar-refractivity contribution in [2.75, 3.05) is 13.7 Å². The zero-order valence-corrected chi connectivity index (χ0v) is 13.1. The van der Waals surface area contributed by atoms with Gasteiger partial charge in [0.2, 0.25) is 0 Å². The molecule has 0 aliphatic carbocycles. The predicted molar refractivity (Wildman–Crippen MR) is 80.2 cm³/mol. The molecule has 1 rings (SSSR count). The minimum Gasteiger partial charge on any atom is -0.508 e. The number of rotatable bonds is 7.